The fraction of sp³-hybridized carbons (Fsp3) is 0.630. The largest absolute Gasteiger partial charge is 0.425 e. The number of imidazole rings is 1. The van der Waals surface area contributed by atoms with E-state index in [2.05, 4.69) is 32.1 Å². The minimum atomic E-state index is -1.42. The van der Waals surface area contributed by atoms with Crippen LogP contribution in [-0.2, 0) is 19.1 Å². The first-order valence-corrected chi connectivity index (χ1v) is 14.2. The number of hydrogen-bond acceptors (Lipinski definition) is 11. The molecule has 4 fully saturated rings. The summed E-state index contributed by atoms with van der Waals surface area (Å²) in [6.07, 6.45) is 0.0390. The van der Waals surface area contributed by atoms with Gasteiger partial charge >= 0.3 is 6.09 Å². The van der Waals surface area contributed by atoms with Crippen LogP contribution in [0.15, 0.2) is 6.33 Å². The molecule has 6 rings (SSSR count). The van der Waals surface area contributed by atoms with Gasteiger partial charge in [-0.25, -0.2) is 19.7 Å². The molecule has 5 atom stereocenters. The molecule has 2 aromatic rings. The Bertz CT molecular complexity index is 1440. The second-order valence-corrected chi connectivity index (χ2v) is 11.3. The smallest absolute Gasteiger partial charge is 0.411 e. The second kappa shape index (κ2) is 11.3. The Morgan fingerprint density at radius 1 is 1.17 bits per heavy atom. The zero-order valence-corrected chi connectivity index (χ0v) is 23.2. The lowest BCUT2D eigenvalue weighted by Gasteiger charge is -2.32. The van der Waals surface area contributed by atoms with E-state index in [1.165, 1.54) is 15.8 Å². The molecule has 0 radical (unpaired) electrons. The zero-order valence-electron chi connectivity index (χ0n) is 23.2. The number of nitrogens with zero attached hydrogens (tertiary/aromatic N) is 6. The molecule has 3 amide bonds. The summed E-state index contributed by atoms with van der Waals surface area (Å²) in [6.45, 7) is 1.08. The van der Waals surface area contributed by atoms with Crippen LogP contribution in [0, 0.1) is 17.8 Å². The number of carbonyl (C=O) groups excluding carboxylic acids is 3. The summed E-state index contributed by atoms with van der Waals surface area (Å²) in [5.41, 5.74) is 6.66. The average molecular weight is 583 g/mol. The van der Waals surface area contributed by atoms with E-state index < -0.39 is 42.8 Å². The van der Waals surface area contributed by atoms with Crippen LogP contribution in [0.3, 0.4) is 0 Å². The number of likely N-dealkylation sites (tertiary alicyclic amines) is 2. The second-order valence-electron chi connectivity index (χ2n) is 11.3. The van der Waals surface area contributed by atoms with E-state index in [9.17, 15) is 24.6 Å². The normalized spacial score (nSPS) is 28.2. The van der Waals surface area contributed by atoms with E-state index >= 15 is 0 Å². The number of carbonyl (C=O) groups is 3. The van der Waals surface area contributed by atoms with Crippen molar-refractivity contribution in [1.82, 2.24) is 34.6 Å². The molecule has 15 heteroatoms. The Hall–Kier alpha value is -4.00. The van der Waals surface area contributed by atoms with Crippen molar-refractivity contribution >= 4 is 34.9 Å². The number of aromatic nitrogens is 4. The van der Waals surface area contributed by atoms with Gasteiger partial charge in [0.25, 0.3) is 5.91 Å². The third-order valence-corrected chi connectivity index (χ3v) is 8.27. The number of nitrogens with two attached hydrogens (primary N) is 1. The molecule has 0 bridgehead atoms. The fourth-order valence-electron chi connectivity index (χ4n) is 5.50. The summed E-state index contributed by atoms with van der Waals surface area (Å²) in [4.78, 5) is 52.8. The van der Waals surface area contributed by atoms with Crippen LogP contribution in [0.2, 0.25) is 0 Å². The van der Waals surface area contributed by atoms with E-state index in [1.807, 2.05) is 0 Å². The molecule has 42 heavy (non-hydrogen) atoms. The highest BCUT2D eigenvalue weighted by Crippen LogP contribution is 2.33. The first kappa shape index (κ1) is 28.1. The first-order chi connectivity index (χ1) is 20.2. The maximum Gasteiger partial charge on any atom is 0.411 e. The van der Waals surface area contributed by atoms with Crippen molar-refractivity contribution in [1.29, 1.82) is 0 Å². The van der Waals surface area contributed by atoms with Crippen molar-refractivity contribution in [3.05, 3.63) is 12.2 Å². The molecule has 5 heterocycles. The van der Waals surface area contributed by atoms with Gasteiger partial charge in [0.1, 0.15) is 17.7 Å². The van der Waals surface area contributed by atoms with Crippen LogP contribution in [0.5, 0.6) is 0 Å². The first-order valence-electron chi connectivity index (χ1n) is 14.2. The number of nitrogens with one attached hydrogen (secondary N) is 1. The van der Waals surface area contributed by atoms with Gasteiger partial charge in [-0.3, -0.25) is 14.2 Å². The molecule has 1 saturated carbocycles. The lowest BCUT2D eigenvalue weighted by Crippen LogP contribution is -2.43. The number of aliphatic hydroxyl groups is 2. The molecule has 0 aromatic carbocycles. The summed E-state index contributed by atoms with van der Waals surface area (Å²) in [7, 11) is 1.64. The Morgan fingerprint density at radius 2 is 1.93 bits per heavy atom. The number of hydrogen-bond donors (Lipinski definition) is 4. The number of anilines is 1. The van der Waals surface area contributed by atoms with E-state index in [0.29, 0.717) is 32.4 Å². The molecule has 3 saturated heterocycles. The van der Waals surface area contributed by atoms with Crippen LogP contribution >= 0.6 is 0 Å². The van der Waals surface area contributed by atoms with E-state index in [4.69, 9.17) is 15.2 Å². The molecule has 1 aliphatic carbocycles. The summed E-state index contributed by atoms with van der Waals surface area (Å²) in [5, 5.41) is 23.9. The molecule has 5 N–H and O–H groups in total. The molecule has 3 aliphatic heterocycles. The van der Waals surface area contributed by atoms with E-state index in [0.717, 1.165) is 25.7 Å². The van der Waals surface area contributed by atoms with Crippen LogP contribution < -0.4 is 11.1 Å². The van der Waals surface area contributed by atoms with Crippen molar-refractivity contribution < 1.29 is 34.1 Å². The van der Waals surface area contributed by atoms with Crippen molar-refractivity contribution in [3.8, 4) is 11.8 Å². The monoisotopic (exact) mass is 582 g/mol. The third-order valence-electron chi connectivity index (χ3n) is 8.27. The van der Waals surface area contributed by atoms with Gasteiger partial charge in [-0.05, 0) is 37.5 Å². The van der Waals surface area contributed by atoms with Gasteiger partial charge in [0.15, 0.2) is 30.0 Å². The summed E-state index contributed by atoms with van der Waals surface area (Å²) < 4.78 is 12.7. The standard InChI is InChI=1S/C27H34N8O7/c1-33-17(36)7-8-18(33)41-27(40)34-11-9-14(10-12-34)3-2-4-16-31-23(28)19-24(32-16)35(13-29-19)26-21(38)20(37)22(42-26)25(39)30-15-5-6-15/h13-15,18,20-22,26,37-38H,3,5-12H2,1H3,(H,30,39)(H2,28,31,32)/t18?,20-,21+,22-,26+/m0/s1. The summed E-state index contributed by atoms with van der Waals surface area (Å²) in [6, 6.07) is 0.0771. The fourth-order valence-corrected chi connectivity index (χ4v) is 5.50. The van der Waals surface area contributed by atoms with Crippen molar-refractivity contribution in [2.24, 2.45) is 5.92 Å². The molecule has 4 aliphatic rings. The van der Waals surface area contributed by atoms with Gasteiger partial charge in [-0.1, -0.05) is 5.92 Å². The Balaban J connectivity index is 1.07. The van der Waals surface area contributed by atoms with Gasteiger partial charge in [0.05, 0.1) is 6.33 Å². The molecule has 1 unspecified atom stereocenters. The number of ether oxygens (including phenoxy) is 2. The molecule has 2 aromatic heterocycles. The highest BCUT2D eigenvalue weighted by Gasteiger charge is 2.48. The molecular formula is C27H34N8O7. The van der Waals surface area contributed by atoms with Gasteiger partial charge < -0.3 is 40.5 Å². The molecular weight excluding hydrogens is 548 g/mol. The maximum absolute atomic E-state index is 12.5. The Morgan fingerprint density at radius 3 is 2.62 bits per heavy atom. The number of piperidine rings is 1. The van der Waals surface area contributed by atoms with E-state index in [1.54, 1.807) is 11.9 Å². The number of nitrogen functional groups attached to an aromatic ring is 1. The maximum atomic E-state index is 12.5. The minimum Gasteiger partial charge on any atom is -0.425 e. The lowest BCUT2D eigenvalue weighted by atomic mass is 9.94. The molecule has 224 valence electrons. The van der Waals surface area contributed by atoms with E-state index in [-0.39, 0.29) is 40.7 Å². The van der Waals surface area contributed by atoms with Crippen LogP contribution in [0.4, 0.5) is 10.6 Å². The molecule has 15 nitrogen and oxygen atoms in total. The summed E-state index contributed by atoms with van der Waals surface area (Å²) >= 11 is 0. The van der Waals surface area contributed by atoms with Gasteiger partial charge in [0, 0.05) is 45.4 Å². The topological polar surface area (TPSA) is 198 Å². The zero-order chi connectivity index (χ0) is 29.5. The van der Waals surface area contributed by atoms with Gasteiger partial charge in [0.2, 0.25) is 11.7 Å². The highest BCUT2D eigenvalue weighted by atomic mass is 16.6. The van der Waals surface area contributed by atoms with Gasteiger partial charge in [-0.15, -0.1) is 0 Å². The van der Waals surface area contributed by atoms with Gasteiger partial charge in [-0.2, -0.15) is 0 Å². The minimum absolute atomic E-state index is 0.0236. The number of amides is 3. The molecule has 0 spiro atoms. The van der Waals surface area contributed by atoms with Crippen molar-refractivity contribution in [2.45, 2.75) is 81.8 Å². The predicted octanol–water partition coefficient (Wildman–Crippen LogP) is -0.525. The van der Waals surface area contributed by atoms with Crippen LogP contribution in [0.1, 0.15) is 57.0 Å². The third kappa shape index (κ3) is 5.57. The van der Waals surface area contributed by atoms with Crippen LogP contribution in [0.25, 0.3) is 11.2 Å². The van der Waals surface area contributed by atoms with Crippen LogP contribution in [-0.4, -0.2) is 108 Å². The number of fused-ring (bicyclic) bond motifs is 1. The number of rotatable bonds is 5. The quantitative estimate of drug-likeness (QED) is 0.331. The van der Waals surface area contributed by atoms with Crippen molar-refractivity contribution in [2.75, 3.05) is 25.9 Å². The average Bonchev–Trinajstić information content (AvgIpc) is 3.50. The summed E-state index contributed by atoms with van der Waals surface area (Å²) in [5.74, 6) is 6.08. The Kier molecular flexibility index (Phi) is 7.60. The SMILES string of the molecule is CN1C(=O)CCC1OC(=O)N1CCC(CC#Cc2nc(N)c3ncn([C@@H]4O[C@H](C(=O)NC5CC5)[C@@H](O)[C@H]4O)c3n2)CC1. The number of aliphatic hydroxyl groups excluding tert-OH is 2. The Labute approximate surface area is 241 Å². The van der Waals surface area contributed by atoms with Crippen molar-refractivity contribution in [3.63, 3.8) is 0 Å². The lowest BCUT2D eigenvalue weighted by molar-refractivity contribution is -0.137. The predicted molar refractivity (Wildman–Crippen MR) is 145 cm³/mol. The highest BCUT2D eigenvalue weighted by molar-refractivity contribution is 5.83.